The van der Waals surface area contributed by atoms with Crippen LogP contribution < -0.4 is 4.90 Å². The number of benzene rings is 10. The first-order chi connectivity index (χ1) is 30.7. The maximum absolute atomic E-state index is 2.44. The molecular formula is C58H35NS3. The minimum atomic E-state index is 1.13. The van der Waals surface area contributed by atoms with Crippen LogP contribution in [0.15, 0.2) is 212 Å². The van der Waals surface area contributed by atoms with Crippen molar-refractivity contribution in [2.24, 2.45) is 0 Å². The van der Waals surface area contributed by atoms with E-state index in [9.17, 15) is 0 Å². The highest BCUT2D eigenvalue weighted by molar-refractivity contribution is 7.27. The van der Waals surface area contributed by atoms with E-state index in [1.807, 2.05) is 34.0 Å². The molecule has 3 heterocycles. The van der Waals surface area contributed by atoms with Crippen molar-refractivity contribution in [1.29, 1.82) is 0 Å². The summed E-state index contributed by atoms with van der Waals surface area (Å²) in [5, 5.41) is 10.3. The Morgan fingerprint density at radius 1 is 0.290 bits per heavy atom. The summed E-state index contributed by atoms with van der Waals surface area (Å²) in [4.78, 5) is 2.44. The van der Waals surface area contributed by atoms with Gasteiger partial charge in [0.05, 0.1) is 5.69 Å². The van der Waals surface area contributed by atoms with E-state index in [2.05, 4.69) is 217 Å². The van der Waals surface area contributed by atoms with Crippen molar-refractivity contribution < 1.29 is 0 Å². The minimum absolute atomic E-state index is 1.13. The fourth-order valence-corrected chi connectivity index (χ4v) is 13.1. The summed E-state index contributed by atoms with van der Waals surface area (Å²) in [6, 6.07) is 78.5. The predicted octanol–water partition coefficient (Wildman–Crippen LogP) is 18.4. The third-order valence-electron chi connectivity index (χ3n) is 12.5. The number of thiophene rings is 3. The molecule has 0 unspecified atom stereocenters. The number of anilines is 3. The monoisotopic (exact) mass is 841 g/mol. The van der Waals surface area contributed by atoms with Crippen molar-refractivity contribution in [1.82, 2.24) is 0 Å². The smallest absolute Gasteiger partial charge is 0.0554 e. The van der Waals surface area contributed by atoms with Gasteiger partial charge in [-0.15, -0.1) is 34.0 Å². The van der Waals surface area contributed by atoms with Crippen LogP contribution in [0.1, 0.15) is 0 Å². The first-order valence-corrected chi connectivity index (χ1v) is 23.4. The number of rotatable bonds is 6. The predicted molar refractivity (Wildman–Crippen MR) is 274 cm³/mol. The van der Waals surface area contributed by atoms with Crippen LogP contribution in [0.25, 0.3) is 105 Å². The second-order valence-corrected chi connectivity index (χ2v) is 19.2. The van der Waals surface area contributed by atoms with Gasteiger partial charge in [-0.1, -0.05) is 152 Å². The summed E-state index contributed by atoms with van der Waals surface area (Å²) in [5.74, 6) is 0. The largest absolute Gasteiger partial charge is 0.310 e. The third-order valence-corrected chi connectivity index (χ3v) is 15.9. The zero-order chi connectivity index (χ0) is 40.7. The Balaban J connectivity index is 0.935. The zero-order valence-electron chi connectivity index (χ0n) is 33.4. The van der Waals surface area contributed by atoms with Gasteiger partial charge < -0.3 is 4.90 Å². The fourth-order valence-electron chi connectivity index (χ4n) is 9.55. The molecule has 10 aromatic carbocycles. The SMILES string of the molecule is c1ccc(-c2ccc(N(c3ccc4ccccc4c3)c3cccc4sc5cc(-c6cccc7sc8cc(-c9cccc%10c9sc9ccccc9%10)ccc8c67)ccc5c34)cc2)cc1. The number of hydrogen-bond donors (Lipinski definition) is 0. The first kappa shape index (κ1) is 35.7. The Labute approximate surface area is 370 Å². The van der Waals surface area contributed by atoms with Crippen molar-refractivity contribution in [2.75, 3.05) is 4.90 Å². The van der Waals surface area contributed by atoms with Gasteiger partial charge in [-0.25, -0.2) is 0 Å². The molecule has 3 aromatic heterocycles. The van der Waals surface area contributed by atoms with Crippen molar-refractivity contribution >= 4 is 122 Å². The summed E-state index contributed by atoms with van der Waals surface area (Å²) in [6.45, 7) is 0. The van der Waals surface area contributed by atoms with E-state index >= 15 is 0 Å². The average Bonchev–Trinajstić information content (AvgIpc) is 4.03. The maximum Gasteiger partial charge on any atom is 0.0554 e. The number of fused-ring (bicyclic) bond motifs is 10. The van der Waals surface area contributed by atoms with Gasteiger partial charge in [0.15, 0.2) is 0 Å². The van der Waals surface area contributed by atoms with Crippen LogP contribution in [0, 0.1) is 0 Å². The molecule has 0 amide bonds. The maximum atomic E-state index is 2.44. The highest BCUT2D eigenvalue weighted by atomic mass is 32.1. The molecule has 0 aliphatic rings. The van der Waals surface area contributed by atoms with E-state index in [0.29, 0.717) is 0 Å². The standard InChI is InChI=1S/C58H35NS3/c1-2-11-36(12-3-1)38-23-28-42(29-24-38)59(43-30-25-37-13-4-5-14-39(37)33-43)50-19-10-22-53-57(50)49-32-26-40(34-55(49)61-53)44-16-9-21-52-56(44)48-31-27-41(35-54(48)60-52)45-17-8-18-47-46-15-6-7-20-51(46)62-58(45)47/h1-35H. The summed E-state index contributed by atoms with van der Waals surface area (Å²) >= 11 is 5.68. The molecule has 13 aromatic rings. The number of nitrogens with zero attached hydrogens (tertiary/aromatic N) is 1. The molecule has 0 saturated heterocycles. The average molecular weight is 842 g/mol. The Kier molecular flexibility index (Phi) is 8.20. The molecule has 13 rings (SSSR count). The van der Waals surface area contributed by atoms with E-state index < -0.39 is 0 Å². The lowest BCUT2D eigenvalue weighted by molar-refractivity contribution is 1.31. The van der Waals surface area contributed by atoms with Gasteiger partial charge in [0, 0.05) is 71.9 Å². The van der Waals surface area contributed by atoms with Gasteiger partial charge in [0.25, 0.3) is 0 Å². The van der Waals surface area contributed by atoms with E-state index in [1.54, 1.807) is 0 Å². The summed E-state index contributed by atoms with van der Waals surface area (Å²) < 4.78 is 7.90. The van der Waals surface area contributed by atoms with E-state index in [0.717, 1.165) is 11.4 Å². The molecule has 1 nitrogen and oxygen atoms in total. The highest BCUT2D eigenvalue weighted by Gasteiger charge is 2.21. The quantitative estimate of drug-likeness (QED) is 0.161. The van der Waals surface area contributed by atoms with Gasteiger partial charge in [-0.2, -0.15) is 0 Å². The lowest BCUT2D eigenvalue weighted by Crippen LogP contribution is -2.10. The van der Waals surface area contributed by atoms with Crippen LogP contribution >= 0.6 is 34.0 Å². The molecule has 0 aliphatic carbocycles. The van der Waals surface area contributed by atoms with Crippen LogP contribution in [-0.2, 0) is 0 Å². The normalized spacial score (nSPS) is 11.9. The first-order valence-electron chi connectivity index (χ1n) is 21.0. The van der Waals surface area contributed by atoms with Crippen LogP contribution in [0.5, 0.6) is 0 Å². The molecular weight excluding hydrogens is 807 g/mol. The molecule has 0 radical (unpaired) electrons. The topological polar surface area (TPSA) is 3.24 Å². The third kappa shape index (κ3) is 5.72. The lowest BCUT2D eigenvalue weighted by Gasteiger charge is -2.27. The molecule has 0 saturated carbocycles. The summed E-state index contributed by atoms with van der Waals surface area (Å²) in [6.07, 6.45) is 0. The van der Waals surface area contributed by atoms with Gasteiger partial charge >= 0.3 is 0 Å². The van der Waals surface area contributed by atoms with Crippen LogP contribution in [0.3, 0.4) is 0 Å². The molecule has 0 aliphatic heterocycles. The summed E-state index contributed by atoms with van der Waals surface area (Å²) in [5.41, 5.74) is 11.0. The van der Waals surface area contributed by atoms with Gasteiger partial charge in [-0.3, -0.25) is 0 Å². The van der Waals surface area contributed by atoms with Gasteiger partial charge in [0.2, 0.25) is 0 Å². The molecule has 0 spiro atoms. The number of hydrogen-bond acceptors (Lipinski definition) is 4. The Morgan fingerprint density at radius 3 is 1.69 bits per heavy atom. The Morgan fingerprint density at radius 2 is 0.871 bits per heavy atom. The second-order valence-electron chi connectivity index (χ2n) is 16.0. The second kappa shape index (κ2) is 14.3. The molecule has 0 fully saturated rings. The Hall–Kier alpha value is -7.08. The Bertz CT molecular complexity index is 3870. The van der Waals surface area contributed by atoms with Crippen LogP contribution in [0.4, 0.5) is 17.1 Å². The van der Waals surface area contributed by atoms with Crippen molar-refractivity contribution in [2.45, 2.75) is 0 Å². The van der Waals surface area contributed by atoms with Crippen molar-refractivity contribution in [3.05, 3.63) is 212 Å². The van der Waals surface area contributed by atoms with Crippen LogP contribution in [-0.4, -0.2) is 0 Å². The van der Waals surface area contributed by atoms with E-state index in [-0.39, 0.29) is 0 Å². The van der Waals surface area contributed by atoms with Crippen molar-refractivity contribution in [3.63, 3.8) is 0 Å². The molecule has 0 bridgehead atoms. The van der Waals surface area contributed by atoms with E-state index in [1.165, 1.54) is 110 Å². The molecule has 62 heavy (non-hydrogen) atoms. The fraction of sp³-hybridized carbons (Fsp3) is 0. The summed E-state index contributed by atoms with van der Waals surface area (Å²) in [7, 11) is 0. The van der Waals surface area contributed by atoms with Crippen LogP contribution in [0.2, 0.25) is 0 Å². The van der Waals surface area contributed by atoms with Gasteiger partial charge in [-0.05, 0) is 105 Å². The molecule has 0 atom stereocenters. The van der Waals surface area contributed by atoms with E-state index in [4.69, 9.17) is 0 Å². The van der Waals surface area contributed by atoms with Crippen molar-refractivity contribution in [3.8, 4) is 33.4 Å². The van der Waals surface area contributed by atoms with Gasteiger partial charge in [0.1, 0.15) is 0 Å². The molecule has 290 valence electrons. The highest BCUT2D eigenvalue weighted by Crippen LogP contribution is 2.48. The molecule has 0 N–H and O–H groups in total. The zero-order valence-corrected chi connectivity index (χ0v) is 35.8. The molecule has 4 heteroatoms. The minimum Gasteiger partial charge on any atom is -0.310 e. The lowest BCUT2D eigenvalue weighted by atomic mass is 9.97.